The second-order valence-electron chi connectivity index (χ2n) is 6.23. The minimum absolute atomic E-state index is 0.272. The van der Waals surface area contributed by atoms with E-state index in [0.717, 1.165) is 10.8 Å². The number of halogens is 1. The molecule has 0 atom stereocenters. The average molecular weight is 406 g/mol. The Labute approximate surface area is 171 Å². The Morgan fingerprint density at radius 2 is 1.86 bits per heavy atom. The summed E-state index contributed by atoms with van der Waals surface area (Å²) in [5.41, 5.74) is 1.89. The van der Waals surface area contributed by atoms with E-state index in [-0.39, 0.29) is 5.15 Å². The van der Waals surface area contributed by atoms with Crippen LogP contribution in [0, 0.1) is 0 Å². The maximum atomic E-state index is 12.2. The van der Waals surface area contributed by atoms with E-state index in [1.54, 1.807) is 22.7 Å². The zero-order valence-corrected chi connectivity index (χ0v) is 16.0. The molecule has 6 nitrogen and oxygen atoms in total. The summed E-state index contributed by atoms with van der Waals surface area (Å²) in [7, 11) is 0. The van der Waals surface area contributed by atoms with Gasteiger partial charge in [-0.1, -0.05) is 54.1 Å². The van der Waals surface area contributed by atoms with E-state index in [1.807, 2.05) is 48.5 Å². The number of hydrogen-bond donors (Lipinski definition) is 1. The van der Waals surface area contributed by atoms with Gasteiger partial charge in [-0.25, -0.2) is 9.78 Å². The van der Waals surface area contributed by atoms with Gasteiger partial charge < -0.3 is 10.1 Å². The lowest BCUT2D eigenvalue weighted by Crippen LogP contribution is -2.20. The fraction of sp³-hybridized carbons (Fsp3) is 0.0455. The summed E-state index contributed by atoms with van der Waals surface area (Å²) in [4.78, 5) is 28.4. The van der Waals surface area contributed by atoms with Gasteiger partial charge >= 0.3 is 5.97 Å². The zero-order valence-electron chi connectivity index (χ0n) is 15.2. The number of carbonyl (C=O) groups is 2. The fourth-order valence-electron chi connectivity index (χ4n) is 2.99. The van der Waals surface area contributed by atoms with Gasteiger partial charge in [-0.3, -0.25) is 9.20 Å². The average Bonchev–Trinajstić information content (AvgIpc) is 3.06. The maximum Gasteiger partial charge on any atom is 0.331 e. The van der Waals surface area contributed by atoms with Crippen LogP contribution in [0.4, 0.5) is 5.69 Å². The summed E-state index contributed by atoms with van der Waals surface area (Å²) < 4.78 is 6.78. The molecule has 0 fully saturated rings. The Kier molecular flexibility index (Phi) is 5.27. The van der Waals surface area contributed by atoms with Crippen molar-refractivity contribution in [2.75, 3.05) is 11.9 Å². The highest BCUT2D eigenvalue weighted by Gasteiger charge is 2.10. The topological polar surface area (TPSA) is 72.7 Å². The van der Waals surface area contributed by atoms with Gasteiger partial charge in [-0.2, -0.15) is 0 Å². The molecule has 2 heterocycles. The molecule has 4 rings (SSSR count). The molecule has 1 amide bonds. The van der Waals surface area contributed by atoms with Crippen LogP contribution < -0.4 is 5.32 Å². The van der Waals surface area contributed by atoms with Crippen LogP contribution in [0.15, 0.2) is 72.9 Å². The number of nitrogens with one attached hydrogen (secondary N) is 1. The zero-order chi connectivity index (χ0) is 20.2. The second kappa shape index (κ2) is 8.16. The lowest BCUT2D eigenvalue weighted by atomic mass is 10.1. The number of imidazole rings is 1. The van der Waals surface area contributed by atoms with E-state index in [2.05, 4.69) is 10.3 Å². The first-order valence-electron chi connectivity index (χ1n) is 8.87. The van der Waals surface area contributed by atoms with Crippen molar-refractivity contribution in [2.24, 2.45) is 0 Å². The van der Waals surface area contributed by atoms with Gasteiger partial charge in [-0.15, -0.1) is 0 Å². The van der Waals surface area contributed by atoms with Gasteiger partial charge in [0.2, 0.25) is 0 Å². The minimum Gasteiger partial charge on any atom is -0.452 e. The predicted octanol–water partition coefficient (Wildman–Crippen LogP) is 4.34. The Morgan fingerprint density at radius 3 is 2.76 bits per heavy atom. The Morgan fingerprint density at radius 1 is 1.07 bits per heavy atom. The highest BCUT2D eigenvalue weighted by atomic mass is 35.5. The molecule has 0 aliphatic heterocycles. The third-order valence-corrected chi connectivity index (χ3v) is 4.59. The molecule has 0 aliphatic rings. The van der Waals surface area contributed by atoms with Crippen LogP contribution in [0.1, 0.15) is 5.69 Å². The van der Waals surface area contributed by atoms with Crippen LogP contribution in [-0.2, 0) is 14.3 Å². The number of benzene rings is 2. The van der Waals surface area contributed by atoms with Gasteiger partial charge in [0.1, 0.15) is 5.65 Å². The van der Waals surface area contributed by atoms with Gasteiger partial charge in [-0.05, 0) is 29.7 Å². The Hall–Kier alpha value is -3.64. The molecule has 1 N–H and O–H groups in total. The van der Waals surface area contributed by atoms with Gasteiger partial charge in [0, 0.05) is 23.3 Å². The van der Waals surface area contributed by atoms with Crippen LogP contribution in [0.25, 0.3) is 22.5 Å². The normalized spacial score (nSPS) is 11.2. The first kappa shape index (κ1) is 18.7. The predicted molar refractivity (Wildman–Crippen MR) is 113 cm³/mol. The number of rotatable bonds is 5. The van der Waals surface area contributed by atoms with E-state index in [1.165, 1.54) is 12.2 Å². The SMILES string of the molecule is O=C(COC(=O)/C=C/c1c(Cl)nc2ccccn12)Nc1cccc2ccccc12. The van der Waals surface area contributed by atoms with Crippen molar-refractivity contribution in [1.29, 1.82) is 0 Å². The molecule has 0 radical (unpaired) electrons. The number of ether oxygens (including phenoxy) is 1. The molecule has 29 heavy (non-hydrogen) atoms. The molecular formula is C22H16ClN3O3. The highest BCUT2D eigenvalue weighted by molar-refractivity contribution is 6.31. The lowest BCUT2D eigenvalue weighted by molar-refractivity contribution is -0.142. The number of hydrogen-bond acceptors (Lipinski definition) is 4. The largest absolute Gasteiger partial charge is 0.452 e. The van der Waals surface area contributed by atoms with E-state index in [9.17, 15) is 9.59 Å². The van der Waals surface area contributed by atoms with Crippen molar-refractivity contribution in [3.05, 3.63) is 83.8 Å². The van der Waals surface area contributed by atoms with E-state index in [0.29, 0.717) is 17.0 Å². The summed E-state index contributed by atoms with van der Waals surface area (Å²) in [6.07, 6.45) is 4.51. The van der Waals surface area contributed by atoms with Gasteiger partial charge in [0.05, 0.1) is 5.69 Å². The van der Waals surface area contributed by atoms with Crippen molar-refractivity contribution < 1.29 is 14.3 Å². The van der Waals surface area contributed by atoms with Crippen molar-refractivity contribution in [2.45, 2.75) is 0 Å². The highest BCUT2D eigenvalue weighted by Crippen LogP contribution is 2.23. The first-order valence-corrected chi connectivity index (χ1v) is 9.24. The molecule has 4 aromatic rings. The Bertz CT molecular complexity index is 1240. The summed E-state index contributed by atoms with van der Waals surface area (Å²) in [6, 6.07) is 18.8. The van der Waals surface area contributed by atoms with Crippen molar-refractivity contribution in [3.8, 4) is 0 Å². The molecule has 0 bridgehead atoms. The molecule has 0 unspecified atom stereocenters. The third kappa shape index (κ3) is 4.12. The van der Waals surface area contributed by atoms with Crippen LogP contribution in [0.2, 0.25) is 5.15 Å². The number of anilines is 1. The van der Waals surface area contributed by atoms with Crippen LogP contribution in [0.3, 0.4) is 0 Å². The second-order valence-corrected chi connectivity index (χ2v) is 6.59. The number of pyridine rings is 1. The number of carbonyl (C=O) groups excluding carboxylic acids is 2. The number of aromatic nitrogens is 2. The molecular weight excluding hydrogens is 390 g/mol. The Balaban J connectivity index is 1.38. The summed E-state index contributed by atoms with van der Waals surface area (Å²) in [5.74, 6) is -1.07. The minimum atomic E-state index is -0.653. The quantitative estimate of drug-likeness (QED) is 0.396. The molecule has 144 valence electrons. The van der Waals surface area contributed by atoms with E-state index in [4.69, 9.17) is 16.3 Å². The molecule has 2 aromatic carbocycles. The summed E-state index contributed by atoms with van der Waals surface area (Å²) >= 11 is 6.12. The standard InChI is InChI=1S/C22H16ClN3O3/c23-22-18(26-13-4-3-10-19(26)25-22)11-12-21(28)29-14-20(27)24-17-9-5-7-15-6-1-2-8-16(15)17/h1-13H,14H2,(H,24,27)/b12-11+. The third-order valence-electron chi connectivity index (χ3n) is 4.31. The van der Waals surface area contributed by atoms with Crippen LogP contribution in [-0.4, -0.2) is 27.9 Å². The van der Waals surface area contributed by atoms with Crippen molar-refractivity contribution in [1.82, 2.24) is 9.38 Å². The van der Waals surface area contributed by atoms with Gasteiger partial charge in [0.25, 0.3) is 5.91 Å². The van der Waals surface area contributed by atoms with E-state index >= 15 is 0 Å². The molecule has 7 heteroatoms. The molecule has 2 aromatic heterocycles. The van der Waals surface area contributed by atoms with Crippen LogP contribution >= 0.6 is 11.6 Å². The molecule has 0 saturated carbocycles. The maximum absolute atomic E-state index is 12.2. The summed E-state index contributed by atoms with van der Waals surface area (Å²) in [5, 5.41) is 4.96. The van der Waals surface area contributed by atoms with E-state index < -0.39 is 18.5 Å². The smallest absolute Gasteiger partial charge is 0.331 e. The van der Waals surface area contributed by atoms with Crippen molar-refractivity contribution >= 4 is 51.7 Å². The number of fused-ring (bicyclic) bond motifs is 2. The van der Waals surface area contributed by atoms with Crippen molar-refractivity contribution in [3.63, 3.8) is 0 Å². The fourth-order valence-corrected chi connectivity index (χ4v) is 3.23. The van der Waals surface area contributed by atoms with Gasteiger partial charge in [0.15, 0.2) is 11.8 Å². The number of esters is 1. The van der Waals surface area contributed by atoms with Crippen LogP contribution in [0.5, 0.6) is 0 Å². The first-order chi connectivity index (χ1) is 14.1. The number of nitrogens with zero attached hydrogens (tertiary/aromatic N) is 2. The molecule has 0 spiro atoms. The molecule has 0 saturated heterocycles. The number of amides is 1. The summed E-state index contributed by atoms with van der Waals surface area (Å²) in [6.45, 7) is -0.396. The monoisotopic (exact) mass is 405 g/mol. The molecule has 0 aliphatic carbocycles. The lowest BCUT2D eigenvalue weighted by Gasteiger charge is -2.08.